The van der Waals surface area contributed by atoms with E-state index in [9.17, 15) is 0 Å². The largest absolute Gasteiger partial charge is 0.315 e. The third kappa shape index (κ3) is 2.56. The molecule has 0 spiro atoms. The molecule has 0 amide bonds. The predicted octanol–water partition coefficient (Wildman–Crippen LogP) is 1.65. The average Bonchev–Trinajstić information content (AvgIpc) is 3.15. The Morgan fingerprint density at radius 2 is 2.19 bits per heavy atom. The lowest BCUT2D eigenvalue weighted by atomic mass is 10.1. The molecule has 2 fully saturated rings. The van der Waals surface area contributed by atoms with E-state index in [1.807, 2.05) is 12.3 Å². The summed E-state index contributed by atoms with van der Waals surface area (Å²) in [6, 6.07) is 5.14. The summed E-state index contributed by atoms with van der Waals surface area (Å²) in [5, 5.41) is 7.11. The number of aromatic nitrogens is 3. The third-order valence-corrected chi connectivity index (χ3v) is 4.75. The average molecular weight is 285 g/mol. The van der Waals surface area contributed by atoms with Gasteiger partial charge in [-0.2, -0.15) is 0 Å². The molecule has 0 saturated carbocycles. The molecule has 112 valence electrons. The Hall–Kier alpha value is -1.46. The number of nitrogens with zero attached hydrogens (tertiary/aromatic N) is 3. The highest BCUT2D eigenvalue weighted by Crippen LogP contribution is 2.25. The Morgan fingerprint density at radius 1 is 1.24 bits per heavy atom. The van der Waals surface area contributed by atoms with Crippen molar-refractivity contribution in [1.29, 1.82) is 0 Å². The number of imidazole rings is 1. The van der Waals surface area contributed by atoms with E-state index in [1.54, 1.807) is 0 Å². The molecule has 0 aromatic carbocycles. The zero-order valence-corrected chi connectivity index (χ0v) is 12.4. The number of piperidine rings is 1. The normalized spacial score (nSPS) is 26.5. The fourth-order valence-corrected chi connectivity index (χ4v) is 3.71. The second kappa shape index (κ2) is 5.73. The van der Waals surface area contributed by atoms with Crippen molar-refractivity contribution in [3.8, 4) is 0 Å². The van der Waals surface area contributed by atoms with Crippen molar-refractivity contribution < 1.29 is 0 Å². The molecule has 0 radical (unpaired) electrons. The first-order valence-corrected chi connectivity index (χ1v) is 8.18. The lowest BCUT2D eigenvalue weighted by Crippen LogP contribution is -2.33. The molecular formula is C16H23N5. The molecule has 2 aromatic rings. The molecule has 2 aromatic heterocycles. The Balaban J connectivity index is 1.72. The lowest BCUT2D eigenvalue weighted by Gasteiger charge is -2.26. The Labute approximate surface area is 125 Å². The Bertz CT molecular complexity index is 608. The van der Waals surface area contributed by atoms with E-state index >= 15 is 0 Å². The molecular weight excluding hydrogens is 262 g/mol. The minimum atomic E-state index is 0.495. The van der Waals surface area contributed by atoms with Gasteiger partial charge in [-0.15, -0.1) is 0 Å². The maximum Gasteiger partial charge on any atom is 0.160 e. The first-order chi connectivity index (χ1) is 10.4. The monoisotopic (exact) mass is 285 g/mol. The second-order valence-corrected chi connectivity index (χ2v) is 6.24. The van der Waals surface area contributed by atoms with Crippen LogP contribution >= 0.6 is 0 Å². The summed E-state index contributed by atoms with van der Waals surface area (Å²) in [5.74, 6) is 1.21. The molecule has 4 rings (SSSR count). The topological polar surface area (TPSA) is 54.8 Å². The third-order valence-electron chi connectivity index (χ3n) is 4.75. The number of rotatable bonds is 3. The van der Waals surface area contributed by atoms with Gasteiger partial charge in [-0.05, 0) is 50.9 Å². The summed E-state index contributed by atoms with van der Waals surface area (Å²) >= 11 is 0. The number of hydrogen-bond donors (Lipinski definition) is 2. The lowest BCUT2D eigenvalue weighted by molar-refractivity contribution is 0.365. The van der Waals surface area contributed by atoms with Crippen molar-refractivity contribution in [3.63, 3.8) is 0 Å². The summed E-state index contributed by atoms with van der Waals surface area (Å²) in [5.41, 5.74) is 2.09. The van der Waals surface area contributed by atoms with Crippen LogP contribution in [0.25, 0.3) is 11.2 Å². The number of hydrogen-bond acceptors (Lipinski definition) is 4. The van der Waals surface area contributed by atoms with Crippen molar-refractivity contribution in [2.45, 2.75) is 44.2 Å². The Morgan fingerprint density at radius 3 is 3.00 bits per heavy atom. The molecule has 2 unspecified atom stereocenters. The summed E-state index contributed by atoms with van der Waals surface area (Å²) in [7, 11) is 0. The van der Waals surface area contributed by atoms with Gasteiger partial charge in [0, 0.05) is 31.2 Å². The first-order valence-electron chi connectivity index (χ1n) is 8.18. The number of pyridine rings is 1. The molecule has 2 N–H and O–H groups in total. The van der Waals surface area contributed by atoms with Crippen molar-refractivity contribution in [2.75, 3.05) is 19.6 Å². The smallest absolute Gasteiger partial charge is 0.160 e. The minimum Gasteiger partial charge on any atom is -0.315 e. The maximum absolute atomic E-state index is 4.88. The van der Waals surface area contributed by atoms with Crippen LogP contribution in [-0.4, -0.2) is 40.2 Å². The van der Waals surface area contributed by atoms with Gasteiger partial charge in [-0.3, -0.25) is 0 Å². The molecule has 0 bridgehead atoms. The van der Waals surface area contributed by atoms with Crippen LogP contribution in [0.15, 0.2) is 18.3 Å². The van der Waals surface area contributed by atoms with Crippen LogP contribution < -0.4 is 10.6 Å². The fourth-order valence-electron chi connectivity index (χ4n) is 3.71. The van der Waals surface area contributed by atoms with E-state index in [0.717, 1.165) is 37.2 Å². The van der Waals surface area contributed by atoms with Crippen LogP contribution in [0.1, 0.15) is 37.5 Å². The van der Waals surface area contributed by atoms with Crippen LogP contribution in [0.2, 0.25) is 0 Å². The molecule has 21 heavy (non-hydrogen) atoms. The van der Waals surface area contributed by atoms with Gasteiger partial charge in [0.05, 0.1) is 0 Å². The standard InChI is InChI=1S/C16H23N5/c1-4-12(18-8-1)10-15-20-14-6-3-9-19-16(14)21(15)13-5-2-7-17-11-13/h3,6,9,12-13,17-18H,1-2,4-5,7-8,10-11H2. The quantitative estimate of drug-likeness (QED) is 0.900. The van der Waals surface area contributed by atoms with Gasteiger partial charge in [0.2, 0.25) is 0 Å². The summed E-state index contributed by atoms with van der Waals surface area (Å²) in [6.45, 7) is 3.32. The molecule has 4 heterocycles. The van der Waals surface area contributed by atoms with Crippen molar-refractivity contribution >= 4 is 11.2 Å². The van der Waals surface area contributed by atoms with Crippen molar-refractivity contribution in [2.24, 2.45) is 0 Å². The Kier molecular flexibility index (Phi) is 3.61. The van der Waals surface area contributed by atoms with Crippen LogP contribution in [0.3, 0.4) is 0 Å². The van der Waals surface area contributed by atoms with E-state index in [-0.39, 0.29) is 0 Å². The molecule has 2 aliphatic heterocycles. The van der Waals surface area contributed by atoms with Gasteiger partial charge in [0.15, 0.2) is 5.65 Å². The van der Waals surface area contributed by atoms with Gasteiger partial charge in [-0.1, -0.05) is 0 Å². The highest BCUT2D eigenvalue weighted by Gasteiger charge is 2.24. The number of fused-ring (bicyclic) bond motifs is 1. The molecule has 0 aliphatic carbocycles. The highest BCUT2D eigenvalue weighted by atomic mass is 15.2. The predicted molar refractivity (Wildman–Crippen MR) is 83.4 cm³/mol. The maximum atomic E-state index is 4.88. The molecule has 2 aliphatic rings. The van der Waals surface area contributed by atoms with Crippen LogP contribution in [0.4, 0.5) is 0 Å². The van der Waals surface area contributed by atoms with Gasteiger partial charge < -0.3 is 15.2 Å². The summed E-state index contributed by atoms with van der Waals surface area (Å²) < 4.78 is 2.40. The minimum absolute atomic E-state index is 0.495. The zero-order valence-electron chi connectivity index (χ0n) is 12.4. The van der Waals surface area contributed by atoms with Gasteiger partial charge in [0.1, 0.15) is 11.3 Å². The molecule has 2 atom stereocenters. The van der Waals surface area contributed by atoms with Crippen molar-refractivity contribution in [1.82, 2.24) is 25.2 Å². The van der Waals surface area contributed by atoms with Gasteiger partial charge in [-0.25, -0.2) is 9.97 Å². The number of nitrogens with one attached hydrogen (secondary N) is 2. The second-order valence-electron chi connectivity index (χ2n) is 6.24. The van der Waals surface area contributed by atoms with Gasteiger partial charge >= 0.3 is 0 Å². The van der Waals surface area contributed by atoms with E-state index in [2.05, 4.69) is 26.3 Å². The zero-order chi connectivity index (χ0) is 14.1. The van der Waals surface area contributed by atoms with Crippen LogP contribution in [0, 0.1) is 0 Å². The van der Waals surface area contributed by atoms with E-state index in [4.69, 9.17) is 4.98 Å². The first kappa shape index (κ1) is 13.2. The van der Waals surface area contributed by atoms with Crippen LogP contribution in [0.5, 0.6) is 0 Å². The van der Waals surface area contributed by atoms with E-state index in [1.165, 1.54) is 31.5 Å². The SMILES string of the molecule is c1cnc2c(c1)nc(CC1CCCN1)n2C1CCCNC1. The van der Waals surface area contributed by atoms with Gasteiger partial charge in [0.25, 0.3) is 0 Å². The van der Waals surface area contributed by atoms with E-state index < -0.39 is 0 Å². The van der Waals surface area contributed by atoms with Crippen LogP contribution in [-0.2, 0) is 6.42 Å². The van der Waals surface area contributed by atoms with Crippen molar-refractivity contribution in [3.05, 3.63) is 24.2 Å². The molecule has 2 saturated heterocycles. The van der Waals surface area contributed by atoms with E-state index in [0.29, 0.717) is 12.1 Å². The molecule has 5 nitrogen and oxygen atoms in total. The molecule has 5 heteroatoms. The summed E-state index contributed by atoms with van der Waals surface area (Å²) in [4.78, 5) is 9.49. The summed E-state index contributed by atoms with van der Waals surface area (Å²) in [6.07, 6.45) is 7.91. The highest BCUT2D eigenvalue weighted by molar-refractivity contribution is 5.71. The fraction of sp³-hybridized carbons (Fsp3) is 0.625.